The summed E-state index contributed by atoms with van der Waals surface area (Å²) in [5.41, 5.74) is 0. The van der Waals surface area contributed by atoms with Gasteiger partial charge in [0.25, 0.3) is 0 Å². The fourth-order valence-corrected chi connectivity index (χ4v) is 7.99. The second-order valence-electron chi connectivity index (χ2n) is 19.1. The van der Waals surface area contributed by atoms with Gasteiger partial charge in [0.1, 0.15) is 13.2 Å². The van der Waals surface area contributed by atoms with Crippen molar-refractivity contribution in [3.05, 3.63) is 0 Å². The highest BCUT2D eigenvalue weighted by molar-refractivity contribution is 5.71. The van der Waals surface area contributed by atoms with Crippen LogP contribution in [0, 0.1) is 11.8 Å². The molecule has 0 saturated heterocycles. The average Bonchev–Trinajstić information content (AvgIpc) is 3.20. The number of unbranched alkanes of at least 4 members (excludes halogenated alkanes) is 32. The molecule has 6 heteroatoms. The van der Waals surface area contributed by atoms with E-state index in [1.165, 1.54) is 180 Å². The van der Waals surface area contributed by atoms with Crippen molar-refractivity contribution in [2.24, 2.45) is 11.8 Å². The van der Waals surface area contributed by atoms with E-state index >= 15 is 0 Å². The number of hydrogen-bond acceptors (Lipinski definition) is 6. The lowest BCUT2D eigenvalue weighted by atomic mass is 10.0. The maximum Gasteiger partial charge on any atom is 0.306 e. The molecule has 0 aromatic heterocycles. The minimum absolute atomic E-state index is 0.0638. The van der Waals surface area contributed by atoms with Gasteiger partial charge in [-0.1, -0.05) is 253 Å². The molecule has 0 saturated carbocycles. The lowest BCUT2D eigenvalue weighted by Crippen LogP contribution is -2.30. The molecule has 0 N–H and O–H groups in total. The van der Waals surface area contributed by atoms with Crippen LogP contribution in [0.1, 0.15) is 291 Å². The Bertz CT molecular complexity index is 900. The number of carbonyl (C=O) groups excluding carboxylic acids is 3. The van der Waals surface area contributed by atoms with Gasteiger partial charge in [0.2, 0.25) is 0 Å². The molecule has 0 aromatic rings. The Morgan fingerprint density at radius 1 is 0.322 bits per heavy atom. The van der Waals surface area contributed by atoms with Crippen LogP contribution in [-0.4, -0.2) is 37.2 Å². The maximum atomic E-state index is 12.8. The zero-order chi connectivity index (χ0) is 43.3. The van der Waals surface area contributed by atoms with E-state index in [1.54, 1.807) is 0 Å². The monoisotopic (exact) mass is 835 g/mol. The Labute approximate surface area is 368 Å². The van der Waals surface area contributed by atoms with Crippen molar-refractivity contribution in [1.29, 1.82) is 0 Å². The van der Waals surface area contributed by atoms with Gasteiger partial charge in [-0.15, -0.1) is 0 Å². The van der Waals surface area contributed by atoms with Gasteiger partial charge < -0.3 is 14.2 Å². The van der Waals surface area contributed by atoms with Gasteiger partial charge in [0.15, 0.2) is 6.10 Å². The molecule has 0 fully saturated rings. The van der Waals surface area contributed by atoms with Crippen molar-refractivity contribution in [1.82, 2.24) is 0 Å². The van der Waals surface area contributed by atoms with Crippen LogP contribution in [0.4, 0.5) is 0 Å². The Balaban J connectivity index is 4.30. The zero-order valence-electron chi connectivity index (χ0n) is 40.4. The van der Waals surface area contributed by atoms with E-state index in [2.05, 4.69) is 34.6 Å². The molecule has 350 valence electrons. The summed E-state index contributed by atoms with van der Waals surface area (Å²) in [5, 5.41) is 0. The maximum absolute atomic E-state index is 12.8. The molecule has 0 aromatic carbocycles. The third-order valence-electron chi connectivity index (χ3n) is 12.0. The van der Waals surface area contributed by atoms with Crippen LogP contribution in [0.2, 0.25) is 0 Å². The molecule has 0 rings (SSSR count). The fraction of sp³-hybridized carbons (Fsp3) is 0.943. The second kappa shape index (κ2) is 45.9. The average molecular weight is 835 g/mol. The van der Waals surface area contributed by atoms with Gasteiger partial charge in [-0.05, 0) is 31.1 Å². The molecule has 0 spiro atoms. The van der Waals surface area contributed by atoms with Gasteiger partial charge >= 0.3 is 17.9 Å². The normalized spacial score (nSPS) is 12.1. The smallest absolute Gasteiger partial charge is 0.306 e. The summed E-state index contributed by atoms with van der Waals surface area (Å²) in [6.07, 6.45) is 46.6. The molecule has 0 aliphatic heterocycles. The van der Waals surface area contributed by atoms with E-state index in [9.17, 15) is 14.4 Å². The third kappa shape index (κ3) is 47.3. The molecule has 0 amide bonds. The van der Waals surface area contributed by atoms with Crippen LogP contribution in [0.15, 0.2) is 0 Å². The minimum atomic E-state index is -0.762. The first kappa shape index (κ1) is 57.4. The summed E-state index contributed by atoms with van der Waals surface area (Å²) in [4.78, 5) is 37.9. The number of hydrogen-bond donors (Lipinski definition) is 0. The molecule has 0 unspecified atom stereocenters. The van der Waals surface area contributed by atoms with Crippen molar-refractivity contribution >= 4 is 17.9 Å². The van der Waals surface area contributed by atoms with Gasteiger partial charge in [-0.2, -0.15) is 0 Å². The summed E-state index contributed by atoms with van der Waals surface area (Å²) < 4.78 is 16.8. The van der Waals surface area contributed by atoms with Crippen LogP contribution in [0.3, 0.4) is 0 Å². The summed E-state index contributed by atoms with van der Waals surface area (Å²) in [6, 6.07) is 0. The number of carbonyl (C=O) groups is 3. The Hall–Kier alpha value is -1.59. The zero-order valence-corrected chi connectivity index (χ0v) is 40.4. The Morgan fingerprint density at radius 3 is 0.831 bits per heavy atom. The Kier molecular flexibility index (Phi) is 44.7. The van der Waals surface area contributed by atoms with Crippen LogP contribution >= 0.6 is 0 Å². The second-order valence-corrected chi connectivity index (χ2v) is 19.1. The lowest BCUT2D eigenvalue weighted by molar-refractivity contribution is -0.167. The molecular weight excluding hydrogens is 733 g/mol. The van der Waals surface area contributed by atoms with Crippen LogP contribution in [0.5, 0.6) is 0 Å². The first-order valence-corrected chi connectivity index (χ1v) is 26.2. The summed E-state index contributed by atoms with van der Waals surface area (Å²) in [7, 11) is 0. The first-order valence-electron chi connectivity index (χ1n) is 26.2. The Morgan fingerprint density at radius 2 is 0.559 bits per heavy atom. The third-order valence-corrected chi connectivity index (χ3v) is 12.0. The first-order chi connectivity index (χ1) is 28.7. The van der Waals surface area contributed by atoms with Crippen LogP contribution in [0.25, 0.3) is 0 Å². The molecule has 0 radical (unpaired) electrons. The van der Waals surface area contributed by atoms with Crippen molar-refractivity contribution in [3.63, 3.8) is 0 Å². The summed E-state index contributed by atoms with van der Waals surface area (Å²) >= 11 is 0. The van der Waals surface area contributed by atoms with Crippen molar-refractivity contribution in [2.75, 3.05) is 13.2 Å². The number of rotatable bonds is 47. The molecule has 0 aliphatic rings. The van der Waals surface area contributed by atoms with Gasteiger partial charge in [-0.25, -0.2) is 0 Å². The molecule has 0 bridgehead atoms. The molecule has 59 heavy (non-hydrogen) atoms. The van der Waals surface area contributed by atoms with Crippen molar-refractivity contribution in [2.45, 2.75) is 298 Å². The van der Waals surface area contributed by atoms with Crippen molar-refractivity contribution in [3.8, 4) is 0 Å². The topological polar surface area (TPSA) is 78.9 Å². The molecule has 0 heterocycles. The van der Waals surface area contributed by atoms with E-state index in [1.807, 2.05) is 0 Å². The highest BCUT2D eigenvalue weighted by atomic mass is 16.6. The predicted molar refractivity (Wildman–Crippen MR) is 252 cm³/mol. The largest absolute Gasteiger partial charge is 0.462 e. The minimum Gasteiger partial charge on any atom is -0.462 e. The van der Waals surface area contributed by atoms with Gasteiger partial charge in [0, 0.05) is 19.3 Å². The SMILES string of the molecule is CCCCCCCCCCCCCCCCCC(=O)OC[C@@H](COC(=O)CCCCCCCCCCCCCC(C)C)OC(=O)CCCCCCCCCCCC(C)C. The molecule has 6 nitrogen and oxygen atoms in total. The lowest BCUT2D eigenvalue weighted by Gasteiger charge is -2.18. The van der Waals surface area contributed by atoms with Gasteiger partial charge in [-0.3, -0.25) is 14.4 Å². The standard InChI is InChI=1S/C53H102O6/c1-6-7-8-9-10-11-12-13-14-15-18-23-28-33-38-43-51(54)57-46-50(59-53(56)45-40-35-30-25-20-22-27-32-37-42-49(4)5)47-58-52(55)44-39-34-29-24-19-16-17-21-26-31-36-41-48(2)3/h48-50H,6-47H2,1-5H3/t50-/m0/s1. The highest BCUT2D eigenvalue weighted by Crippen LogP contribution is 2.17. The van der Waals surface area contributed by atoms with E-state index < -0.39 is 6.10 Å². The number of ether oxygens (including phenoxy) is 3. The molecular formula is C53H102O6. The van der Waals surface area contributed by atoms with Crippen LogP contribution in [-0.2, 0) is 28.6 Å². The van der Waals surface area contributed by atoms with E-state index in [0.29, 0.717) is 19.3 Å². The number of esters is 3. The van der Waals surface area contributed by atoms with Crippen molar-refractivity contribution < 1.29 is 28.6 Å². The quantitative estimate of drug-likeness (QED) is 0.0345. The summed E-state index contributed by atoms with van der Waals surface area (Å²) in [6.45, 7) is 11.4. The van der Waals surface area contributed by atoms with Gasteiger partial charge in [0.05, 0.1) is 0 Å². The molecule has 0 aliphatic carbocycles. The summed E-state index contributed by atoms with van der Waals surface area (Å²) in [5.74, 6) is 0.785. The van der Waals surface area contributed by atoms with E-state index in [-0.39, 0.29) is 31.1 Å². The van der Waals surface area contributed by atoms with E-state index in [4.69, 9.17) is 14.2 Å². The highest BCUT2D eigenvalue weighted by Gasteiger charge is 2.19. The predicted octanol–water partition coefficient (Wildman–Crippen LogP) is 16.9. The fourth-order valence-electron chi connectivity index (χ4n) is 7.99. The van der Waals surface area contributed by atoms with E-state index in [0.717, 1.165) is 69.6 Å². The molecule has 1 atom stereocenters. The van der Waals surface area contributed by atoms with Crippen LogP contribution < -0.4 is 0 Å².